The molecule has 1 fully saturated rings. The smallest absolute Gasteiger partial charge is 0.246 e. The Balaban J connectivity index is 0.00000161. The molecule has 2 heterocycles. The summed E-state index contributed by atoms with van der Waals surface area (Å²) in [6.45, 7) is 0. The molecule has 7 heteroatoms. The number of rotatable bonds is 3. The third-order valence-corrected chi connectivity index (χ3v) is 4.45. The summed E-state index contributed by atoms with van der Waals surface area (Å²) in [5.41, 5.74) is 6.18. The highest BCUT2D eigenvalue weighted by atomic mass is 35.5. The van der Waals surface area contributed by atoms with Crippen LogP contribution in [0.25, 0.3) is 11.5 Å². The minimum atomic E-state index is -0.741. The molecule has 114 valence electrons. The summed E-state index contributed by atoms with van der Waals surface area (Å²) in [6, 6.07) is 3.65. The van der Waals surface area contributed by atoms with Crippen LogP contribution >= 0.6 is 23.7 Å². The Bertz CT molecular complexity index is 591. The zero-order valence-electron chi connectivity index (χ0n) is 11.5. The second-order valence-electron chi connectivity index (χ2n) is 5.19. The van der Waals surface area contributed by atoms with Crippen molar-refractivity contribution >= 4 is 34.8 Å². The second-order valence-corrected chi connectivity index (χ2v) is 6.04. The number of amides is 1. The number of nitrogens with one attached hydrogen (secondary N) is 1. The van der Waals surface area contributed by atoms with Crippen LogP contribution in [0, 0.1) is 0 Å². The van der Waals surface area contributed by atoms with Gasteiger partial charge in [-0.2, -0.15) is 0 Å². The maximum Gasteiger partial charge on any atom is 0.246 e. The van der Waals surface area contributed by atoms with Crippen LogP contribution in [-0.4, -0.2) is 16.4 Å². The predicted molar refractivity (Wildman–Crippen MR) is 85.7 cm³/mol. The Labute approximate surface area is 133 Å². The van der Waals surface area contributed by atoms with Crippen LogP contribution in [0.4, 0.5) is 5.13 Å². The summed E-state index contributed by atoms with van der Waals surface area (Å²) in [5.74, 6) is 0.569. The van der Waals surface area contributed by atoms with Gasteiger partial charge in [0, 0.05) is 5.38 Å². The van der Waals surface area contributed by atoms with Crippen LogP contribution in [0.3, 0.4) is 0 Å². The van der Waals surface area contributed by atoms with E-state index in [9.17, 15) is 4.79 Å². The molecule has 0 spiro atoms. The molecule has 1 aliphatic carbocycles. The number of thiazole rings is 1. The average molecular weight is 328 g/mol. The number of carbonyl (C=O) groups excluding carboxylic acids is 1. The summed E-state index contributed by atoms with van der Waals surface area (Å²) in [4.78, 5) is 16.6. The highest BCUT2D eigenvalue weighted by Gasteiger charge is 2.35. The van der Waals surface area contributed by atoms with Crippen molar-refractivity contribution in [3.8, 4) is 11.5 Å². The van der Waals surface area contributed by atoms with Crippen molar-refractivity contribution in [3.05, 3.63) is 23.8 Å². The average Bonchev–Trinajstić information content (AvgIpc) is 3.09. The van der Waals surface area contributed by atoms with E-state index in [-0.39, 0.29) is 18.3 Å². The minimum absolute atomic E-state index is 0. The molecule has 3 rings (SSSR count). The predicted octanol–water partition coefficient (Wildman–Crippen LogP) is 3.43. The molecule has 0 unspecified atom stereocenters. The van der Waals surface area contributed by atoms with Crippen molar-refractivity contribution in [2.24, 2.45) is 5.73 Å². The summed E-state index contributed by atoms with van der Waals surface area (Å²) >= 11 is 1.38. The van der Waals surface area contributed by atoms with Gasteiger partial charge in [0.25, 0.3) is 0 Å². The maximum absolute atomic E-state index is 12.3. The number of aromatic nitrogens is 1. The Hall–Kier alpha value is -1.37. The van der Waals surface area contributed by atoms with Gasteiger partial charge in [0.15, 0.2) is 10.9 Å². The van der Waals surface area contributed by atoms with Gasteiger partial charge >= 0.3 is 0 Å². The van der Waals surface area contributed by atoms with Gasteiger partial charge < -0.3 is 15.5 Å². The standard InChI is InChI=1S/C14H17N3O2S.ClH/c15-14(6-2-1-3-7-14)12(18)17-13-16-10(9-20-13)11-5-4-8-19-11;/h4-5,8-9H,1-3,6-7,15H2,(H,16,17,18);1H. The van der Waals surface area contributed by atoms with Crippen molar-refractivity contribution < 1.29 is 9.21 Å². The van der Waals surface area contributed by atoms with Gasteiger partial charge in [-0.1, -0.05) is 19.3 Å². The number of anilines is 1. The molecule has 0 aliphatic heterocycles. The number of nitrogens with two attached hydrogens (primary N) is 1. The van der Waals surface area contributed by atoms with Crippen LogP contribution in [0.15, 0.2) is 28.2 Å². The first-order valence-corrected chi connectivity index (χ1v) is 7.65. The van der Waals surface area contributed by atoms with Crippen LogP contribution < -0.4 is 11.1 Å². The normalized spacial score (nSPS) is 17.0. The van der Waals surface area contributed by atoms with Crippen LogP contribution in [0.5, 0.6) is 0 Å². The lowest BCUT2D eigenvalue weighted by Crippen LogP contribution is -2.52. The molecule has 0 atom stereocenters. The molecule has 1 amide bonds. The van der Waals surface area contributed by atoms with Crippen molar-refractivity contribution in [2.45, 2.75) is 37.6 Å². The molecular formula is C14H18ClN3O2S. The van der Waals surface area contributed by atoms with E-state index >= 15 is 0 Å². The fourth-order valence-electron chi connectivity index (χ4n) is 2.50. The molecular weight excluding hydrogens is 310 g/mol. The first-order chi connectivity index (χ1) is 9.67. The van der Waals surface area contributed by atoms with Gasteiger partial charge in [0.1, 0.15) is 5.69 Å². The number of hydrogen-bond donors (Lipinski definition) is 2. The number of carbonyl (C=O) groups is 1. The monoisotopic (exact) mass is 327 g/mol. The number of hydrogen-bond acceptors (Lipinski definition) is 5. The minimum Gasteiger partial charge on any atom is -0.463 e. The lowest BCUT2D eigenvalue weighted by molar-refractivity contribution is -0.122. The van der Waals surface area contributed by atoms with Gasteiger partial charge in [0.05, 0.1) is 11.8 Å². The zero-order chi connectivity index (χ0) is 14.0. The van der Waals surface area contributed by atoms with Crippen LogP contribution in [-0.2, 0) is 4.79 Å². The zero-order valence-corrected chi connectivity index (χ0v) is 13.1. The fourth-order valence-corrected chi connectivity index (χ4v) is 3.19. The van der Waals surface area contributed by atoms with Gasteiger partial charge in [0.2, 0.25) is 5.91 Å². The van der Waals surface area contributed by atoms with E-state index in [0.717, 1.165) is 37.8 Å². The Morgan fingerprint density at radius 1 is 1.38 bits per heavy atom. The van der Waals surface area contributed by atoms with Gasteiger partial charge in [-0.25, -0.2) is 4.98 Å². The highest BCUT2D eigenvalue weighted by molar-refractivity contribution is 7.14. The van der Waals surface area contributed by atoms with E-state index in [1.54, 1.807) is 6.26 Å². The maximum atomic E-state index is 12.3. The molecule has 0 aromatic carbocycles. The summed E-state index contributed by atoms with van der Waals surface area (Å²) in [5, 5.41) is 5.26. The lowest BCUT2D eigenvalue weighted by atomic mass is 9.82. The molecule has 2 aromatic heterocycles. The highest BCUT2D eigenvalue weighted by Crippen LogP contribution is 2.29. The van der Waals surface area contributed by atoms with Gasteiger partial charge in [-0.15, -0.1) is 23.7 Å². The Morgan fingerprint density at radius 2 is 2.14 bits per heavy atom. The summed E-state index contributed by atoms with van der Waals surface area (Å²) in [6.07, 6.45) is 6.28. The SMILES string of the molecule is Cl.NC1(C(=O)Nc2nc(-c3ccco3)cs2)CCCCC1. The van der Waals surface area contributed by atoms with E-state index in [2.05, 4.69) is 10.3 Å². The van der Waals surface area contributed by atoms with Crippen molar-refractivity contribution in [1.29, 1.82) is 0 Å². The third kappa shape index (κ3) is 3.45. The van der Waals surface area contributed by atoms with Crippen molar-refractivity contribution in [1.82, 2.24) is 4.98 Å². The lowest BCUT2D eigenvalue weighted by Gasteiger charge is -2.31. The van der Waals surface area contributed by atoms with Crippen molar-refractivity contribution in [2.75, 3.05) is 5.32 Å². The van der Waals surface area contributed by atoms with Crippen molar-refractivity contribution in [3.63, 3.8) is 0 Å². The Morgan fingerprint density at radius 3 is 2.81 bits per heavy atom. The first-order valence-electron chi connectivity index (χ1n) is 6.77. The summed E-state index contributed by atoms with van der Waals surface area (Å²) in [7, 11) is 0. The number of halogens is 1. The fraction of sp³-hybridized carbons (Fsp3) is 0.429. The molecule has 0 bridgehead atoms. The second kappa shape index (κ2) is 6.60. The topological polar surface area (TPSA) is 81.2 Å². The molecule has 21 heavy (non-hydrogen) atoms. The van der Waals surface area contributed by atoms with Gasteiger partial charge in [-0.05, 0) is 25.0 Å². The molecule has 1 aliphatic rings. The first kappa shape index (κ1) is 16.0. The van der Waals surface area contributed by atoms with Crippen LogP contribution in [0.2, 0.25) is 0 Å². The molecule has 2 aromatic rings. The van der Waals surface area contributed by atoms with Crippen LogP contribution in [0.1, 0.15) is 32.1 Å². The van der Waals surface area contributed by atoms with E-state index in [4.69, 9.17) is 10.2 Å². The molecule has 0 radical (unpaired) electrons. The third-order valence-electron chi connectivity index (χ3n) is 3.70. The van der Waals surface area contributed by atoms with Gasteiger partial charge in [-0.3, -0.25) is 4.79 Å². The Kier molecular flexibility index (Phi) is 5.03. The van der Waals surface area contributed by atoms with E-state index in [0.29, 0.717) is 10.9 Å². The molecule has 3 N–H and O–H groups in total. The number of nitrogens with zero attached hydrogens (tertiary/aromatic N) is 1. The van der Waals surface area contributed by atoms with E-state index in [1.165, 1.54) is 11.3 Å². The molecule has 1 saturated carbocycles. The van der Waals surface area contributed by atoms with E-state index in [1.807, 2.05) is 17.5 Å². The summed E-state index contributed by atoms with van der Waals surface area (Å²) < 4.78 is 5.28. The van der Waals surface area contributed by atoms with E-state index < -0.39 is 5.54 Å². The molecule has 0 saturated heterocycles. The quantitative estimate of drug-likeness (QED) is 0.905. The molecule has 5 nitrogen and oxygen atoms in total. The largest absolute Gasteiger partial charge is 0.463 e. The number of furan rings is 1.